The average molecular weight is 269 g/mol. The molecule has 2 atom stereocenters. The number of benzene rings is 1. The molecule has 2 amide bonds. The van der Waals surface area contributed by atoms with Crippen LogP contribution in [0.25, 0.3) is 10.9 Å². The summed E-state index contributed by atoms with van der Waals surface area (Å²) in [4.78, 5) is 29.3. The third-order valence-electron chi connectivity index (χ3n) is 4.42. The quantitative estimate of drug-likeness (QED) is 0.752. The Morgan fingerprint density at radius 3 is 2.90 bits per heavy atom. The van der Waals surface area contributed by atoms with Crippen LogP contribution in [0, 0.1) is 0 Å². The number of hydrogen-bond donors (Lipinski definition) is 2. The number of fused-ring (bicyclic) bond motifs is 4. The summed E-state index contributed by atoms with van der Waals surface area (Å²) >= 11 is 0. The van der Waals surface area contributed by atoms with Gasteiger partial charge >= 0.3 is 0 Å². The molecule has 2 aliphatic rings. The van der Waals surface area contributed by atoms with Crippen molar-refractivity contribution in [3.05, 3.63) is 35.5 Å². The number of nitrogens with zero attached hydrogens (tertiary/aromatic N) is 1. The number of aromatic amines is 1. The van der Waals surface area contributed by atoms with E-state index in [-0.39, 0.29) is 30.4 Å². The van der Waals surface area contributed by atoms with Crippen molar-refractivity contribution in [1.29, 1.82) is 0 Å². The van der Waals surface area contributed by atoms with Gasteiger partial charge in [-0.3, -0.25) is 9.59 Å². The molecule has 1 aromatic carbocycles. The van der Waals surface area contributed by atoms with E-state index in [1.165, 1.54) is 5.56 Å². The molecule has 3 heterocycles. The van der Waals surface area contributed by atoms with Crippen LogP contribution in [0.2, 0.25) is 0 Å². The zero-order valence-corrected chi connectivity index (χ0v) is 11.1. The predicted molar refractivity (Wildman–Crippen MR) is 74.1 cm³/mol. The first-order chi connectivity index (χ1) is 9.66. The van der Waals surface area contributed by atoms with Gasteiger partial charge < -0.3 is 15.2 Å². The maximum Gasteiger partial charge on any atom is 0.243 e. The van der Waals surface area contributed by atoms with Gasteiger partial charge in [-0.05, 0) is 18.6 Å². The van der Waals surface area contributed by atoms with Gasteiger partial charge in [0, 0.05) is 23.0 Å². The number of rotatable bonds is 0. The van der Waals surface area contributed by atoms with Crippen molar-refractivity contribution >= 4 is 22.7 Å². The predicted octanol–water partition coefficient (Wildman–Crippen LogP) is 1.11. The van der Waals surface area contributed by atoms with Crippen molar-refractivity contribution in [3.63, 3.8) is 0 Å². The molecular weight excluding hydrogens is 254 g/mol. The van der Waals surface area contributed by atoms with Crippen molar-refractivity contribution in [2.45, 2.75) is 25.4 Å². The van der Waals surface area contributed by atoms with Crippen LogP contribution in [0.4, 0.5) is 0 Å². The first-order valence-corrected chi connectivity index (χ1v) is 6.85. The highest BCUT2D eigenvalue weighted by Gasteiger charge is 2.43. The van der Waals surface area contributed by atoms with Gasteiger partial charge in [0.2, 0.25) is 11.8 Å². The van der Waals surface area contributed by atoms with Crippen molar-refractivity contribution in [3.8, 4) is 0 Å². The van der Waals surface area contributed by atoms with E-state index in [1.54, 1.807) is 4.90 Å². The molecule has 1 aromatic heterocycles. The number of amides is 2. The van der Waals surface area contributed by atoms with E-state index in [2.05, 4.69) is 16.4 Å². The molecule has 0 bridgehead atoms. The van der Waals surface area contributed by atoms with Crippen molar-refractivity contribution in [2.75, 3.05) is 6.54 Å². The fraction of sp³-hybridized carbons (Fsp3) is 0.333. The molecule has 4 rings (SSSR count). The van der Waals surface area contributed by atoms with Crippen LogP contribution in [-0.4, -0.2) is 34.3 Å². The van der Waals surface area contributed by atoms with E-state index in [4.69, 9.17) is 0 Å². The van der Waals surface area contributed by atoms with E-state index in [0.29, 0.717) is 6.42 Å². The minimum Gasteiger partial charge on any atom is -0.356 e. The van der Waals surface area contributed by atoms with E-state index in [9.17, 15) is 9.59 Å². The Bertz CT molecular complexity index is 734. The first-order valence-electron chi connectivity index (χ1n) is 6.85. The molecule has 1 saturated heterocycles. The summed E-state index contributed by atoms with van der Waals surface area (Å²) in [7, 11) is 0. The van der Waals surface area contributed by atoms with Gasteiger partial charge in [-0.25, -0.2) is 0 Å². The fourth-order valence-corrected chi connectivity index (χ4v) is 3.48. The molecule has 1 fully saturated rings. The second-order valence-corrected chi connectivity index (χ2v) is 5.48. The first kappa shape index (κ1) is 11.5. The third-order valence-corrected chi connectivity index (χ3v) is 4.42. The lowest BCUT2D eigenvalue weighted by molar-refractivity contribution is -0.148. The molecule has 2 unspecified atom stereocenters. The third kappa shape index (κ3) is 1.37. The smallest absolute Gasteiger partial charge is 0.243 e. The molecule has 2 N–H and O–H groups in total. The largest absolute Gasteiger partial charge is 0.356 e. The highest BCUT2D eigenvalue weighted by Crippen LogP contribution is 2.37. The zero-order chi connectivity index (χ0) is 13.9. The lowest BCUT2D eigenvalue weighted by atomic mass is 9.90. The van der Waals surface area contributed by atoms with Gasteiger partial charge in [0.1, 0.15) is 6.04 Å². The van der Waals surface area contributed by atoms with Crippen molar-refractivity contribution in [2.24, 2.45) is 0 Å². The standard InChI is InChI=1S/C15H15N3O2/c1-8-14-10(9-4-2-3-5-11(9)17-14)6-12-15(20)16-7-13(19)18(8)12/h2-5,8,12,17H,6-7H2,1H3,(H,16,20). The Balaban J connectivity index is 1.92. The van der Waals surface area contributed by atoms with E-state index in [0.717, 1.165) is 16.6 Å². The monoisotopic (exact) mass is 269 g/mol. The van der Waals surface area contributed by atoms with E-state index >= 15 is 0 Å². The minimum absolute atomic E-state index is 0.00796. The topological polar surface area (TPSA) is 65.2 Å². The number of piperazine rings is 1. The van der Waals surface area contributed by atoms with Gasteiger partial charge in [0.15, 0.2) is 0 Å². The minimum atomic E-state index is -0.377. The maximum absolute atomic E-state index is 12.1. The number of aromatic nitrogens is 1. The Morgan fingerprint density at radius 2 is 2.05 bits per heavy atom. The lowest BCUT2D eigenvalue weighted by Gasteiger charge is -2.42. The molecular formula is C15H15N3O2. The van der Waals surface area contributed by atoms with Crippen LogP contribution >= 0.6 is 0 Å². The molecule has 20 heavy (non-hydrogen) atoms. The van der Waals surface area contributed by atoms with E-state index in [1.807, 2.05) is 25.1 Å². The van der Waals surface area contributed by atoms with Gasteiger partial charge in [0.05, 0.1) is 12.6 Å². The van der Waals surface area contributed by atoms with Gasteiger partial charge in [-0.1, -0.05) is 18.2 Å². The maximum atomic E-state index is 12.1. The number of hydrogen-bond acceptors (Lipinski definition) is 2. The highest BCUT2D eigenvalue weighted by molar-refractivity contribution is 5.97. The van der Waals surface area contributed by atoms with Gasteiger partial charge in [-0.15, -0.1) is 0 Å². The van der Waals surface area contributed by atoms with Crippen LogP contribution in [0.5, 0.6) is 0 Å². The van der Waals surface area contributed by atoms with Crippen LogP contribution in [0.3, 0.4) is 0 Å². The number of para-hydroxylation sites is 1. The summed E-state index contributed by atoms with van der Waals surface area (Å²) < 4.78 is 0. The normalized spacial score (nSPS) is 25.4. The molecule has 5 heteroatoms. The number of nitrogens with one attached hydrogen (secondary N) is 2. The van der Waals surface area contributed by atoms with Crippen molar-refractivity contribution in [1.82, 2.24) is 15.2 Å². The molecule has 2 aliphatic heterocycles. The molecule has 102 valence electrons. The molecule has 0 saturated carbocycles. The summed E-state index contributed by atoms with van der Waals surface area (Å²) in [6, 6.07) is 7.61. The Morgan fingerprint density at radius 1 is 1.25 bits per heavy atom. The molecule has 5 nitrogen and oxygen atoms in total. The Hall–Kier alpha value is -2.30. The highest BCUT2D eigenvalue weighted by atomic mass is 16.2. The summed E-state index contributed by atoms with van der Waals surface area (Å²) in [5.41, 5.74) is 3.29. The van der Waals surface area contributed by atoms with Crippen LogP contribution < -0.4 is 5.32 Å². The fourth-order valence-electron chi connectivity index (χ4n) is 3.48. The number of carbonyl (C=O) groups is 2. The van der Waals surface area contributed by atoms with Crippen molar-refractivity contribution < 1.29 is 9.59 Å². The average Bonchev–Trinajstić information content (AvgIpc) is 2.82. The number of H-pyrrole nitrogens is 1. The molecule has 2 aromatic rings. The van der Waals surface area contributed by atoms with E-state index < -0.39 is 0 Å². The summed E-state index contributed by atoms with van der Waals surface area (Å²) in [6.45, 7) is 2.09. The van der Waals surface area contributed by atoms with Gasteiger partial charge in [-0.2, -0.15) is 0 Å². The molecule has 0 aliphatic carbocycles. The summed E-state index contributed by atoms with van der Waals surface area (Å²) in [6.07, 6.45) is 0.585. The second-order valence-electron chi connectivity index (χ2n) is 5.48. The second kappa shape index (κ2) is 3.85. The molecule has 0 radical (unpaired) electrons. The van der Waals surface area contributed by atoms with Gasteiger partial charge in [0.25, 0.3) is 0 Å². The lowest BCUT2D eigenvalue weighted by Crippen LogP contribution is -2.61. The summed E-state index contributed by atoms with van der Waals surface area (Å²) in [5, 5.41) is 3.83. The molecule has 0 spiro atoms. The van der Waals surface area contributed by atoms with Crippen LogP contribution in [-0.2, 0) is 16.0 Å². The summed E-state index contributed by atoms with van der Waals surface area (Å²) in [5.74, 6) is -0.0567. The SMILES string of the molecule is CC1c2[nH]c3ccccc3c2CC2C(=O)NCC(=O)N21. The van der Waals surface area contributed by atoms with Crippen LogP contribution in [0.1, 0.15) is 24.2 Å². The van der Waals surface area contributed by atoms with Crippen LogP contribution in [0.15, 0.2) is 24.3 Å². The Labute approximate surface area is 115 Å². The zero-order valence-electron chi connectivity index (χ0n) is 11.1. The Kier molecular flexibility index (Phi) is 2.22. The number of carbonyl (C=O) groups excluding carboxylic acids is 2.